The van der Waals surface area contributed by atoms with E-state index in [0.29, 0.717) is 4.90 Å². The highest BCUT2D eigenvalue weighted by Gasteiger charge is 2.40. The molecule has 0 saturated carbocycles. The number of carboxylic acid groups (broad SMARTS) is 2. The third kappa shape index (κ3) is 6.64. The summed E-state index contributed by atoms with van der Waals surface area (Å²) in [5.41, 5.74) is 13.4. The number of nitrogens with two attached hydrogens (primary N) is 1. The Morgan fingerprint density at radius 1 is 0.604 bits per heavy atom. The molecule has 4 aromatic rings. The highest BCUT2D eigenvalue weighted by Crippen LogP contribution is 2.46. The molecule has 4 aromatic carbocycles. The molecule has 1 unspecified atom stereocenters. The van der Waals surface area contributed by atoms with Crippen molar-refractivity contribution < 1.29 is 38.9 Å². The lowest BCUT2D eigenvalue weighted by Gasteiger charge is -2.27. The predicted octanol–water partition coefficient (Wildman–Crippen LogP) is 6.43. The SMILES string of the molecule is NC(CSSC[C@@H](C(=O)O)N(C(=O)OCC1c2ccccc2-c2ccccc21)C(=O)OCC1c2ccccc2-c2ccccc21)C(=O)O. The third-order valence-electron chi connectivity index (χ3n) is 8.54. The average molecular weight is 685 g/mol. The van der Waals surface area contributed by atoms with Gasteiger partial charge in [0.1, 0.15) is 19.3 Å². The van der Waals surface area contributed by atoms with Crippen molar-refractivity contribution in [2.45, 2.75) is 23.9 Å². The van der Waals surface area contributed by atoms with E-state index in [4.69, 9.17) is 20.3 Å². The van der Waals surface area contributed by atoms with Crippen molar-refractivity contribution >= 4 is 45.7 Å². The number of imide groups is 1. The molecule has 0 radical (unpaired) electrons. The molecular formula is C36H32N2O8S2. The minimum atomic E-state index is -1.67. The summed E-state index contributed by atoms with van der Waals surface area (Å²) in [6, 6.07) is 28.2. The van der Waals surface area contributed by atoms with Gasteiger partial charge in [-0.05, 0) is 44.5 Å². The summed E-state index contributed by atoms with van der Waals surface area (Å²) >= 11 is 0. The first-order valence-corrected chi connectivity index (χ1v) is 17.7. The molecule has 0 saturated heterocycles. The smallest absolute Gasteiger partial charge is 0.420 e. The van der Waals surface area contributed by atoms with E-state index < -0.39 is 36.2 Å². The van der Waals surface area contributed by atoms with E-state index in [0.717, 1.165) is 66.1 Å². The molecule has 12 heteroatoms. The van der Waals surface area contributed by atoms with Gasteiger partial charge < -0.3 is 25.4 Å². The summed E-state index contributed by atoms with van der Waals surface area (Å²) in [5.74, 6) is -3.57. The van der Waals surface area contributed by atoms with Crippen molar-refractivity contribution in [3.63, 3.8) is 0 Å². The molecule has 0 aliphatic heterocycles. The molecule has 0 heterocycles. The molecule has 0 fully saturated rings. The molecule has 0 bridgehead atoms. The number of carbonyl (C=O) groups is 4. The summed E-state index contributed by atoms with van der Waals surface area (Å²) in [6.45, 7) is -0.274. The Balaban J connectivity index is 1.22. The monoisotopic (exact) mass is 684 g/mol. The van der Waals surface area contributed by atoms with Crippen LogP contribution < -0.4 is 5.73 Å². The lowest BCUT2D eigenvalue weighted by atomic mass is 9.98. The Morgan fingerprint density at radius 3 is 1.31 bits per heavy atom. The van der Waals surface area contributed by atoms with Crippen LogP contribution in [0.3, 0.4) is 0 Å². The zero-order valence-corrected chi connectivity index (χ0v) is 27.2. The number of ether oxygens (including phenoxy) is 2. The molecule has 0 spiro atoms. The van der Waals surface area contributed by atoms with Crippen molar-refractivity contribution in [3.8, 4) is 22.3 Å². The molecule has 246 valence electrons. The first-order chi connectivity index (χ1) is 23.3. The second-order valence-electron chi connectivity index (χ2n) is 11.3. The summed E-state index contributed by atoms with van der Waals surface area (Å²) in [7, 11) is 2.01. The number of hydrogen-bond acceptors (Lipinski definition) is 9. The van der Waals surface area contributed by atoms with Crippen LogP contribution in [0.4, 0.5) is 9.59 Å². The Bertz CT molecular complexity index is 1670. The minimum Gasteiger partial charge on any atom is -0.480 e. The molecular weight excluding hydrogens is 653 g/mol. The van der Waals surface area contributed by atoms with Crippen LogP contribution in [0.5, 0.6) is 0 Å². The predicted molar refractivity (Wildman–Crippen MR) is 184 cm³/mol. The fourth-order valence-electron chi connectivity index (χ4n) is 6.22. The van der Waals surface area contributed by atoms with E-state index in [9.17, 15) is 24.3 Å². The average Bonchev–Trinajstić information content (AvgIpc) is 3.59. The van der Waals surface area contributed by atoms with E-state index >= 15 is 0 Å². The second kappa shape index (κ2) is 14.5. The Hall–Kier alpha value is -4.78. The maximum absolute atomic E-state index is 13.8. The van der Waals surface area contributed by atoms with Crippen LogP contribution in [-0.2, 0) is 19.1 Å². The highest BCUT2D eigenvalue weighted by molar-refractivity contribution is 8.76. The van der Waals surface area contributed by atoms with Crippen LogP contribution in [0.1, 0.15) is 34.1 Å². The first-order valence-electron chi connectivity index (χ1n) is 15.2. The minimum absolute atomic E-state index is 0.0117. The van der Waals surface area contributed by atoms with E-state index in [1.54, 1.807) is 0 Å². The molecule has 2 aliphatic carbocycles. The fourth-order valence-corrected chi connectivity index (χ4v) is 8.52. The van der Waals surface area contributed by atoms with Crippen molar-refractivity contribution in [2.75, 3.05) is 24.7 Å². The lowest BCUT2D eigenvalue weighted by Crippen LogP contribution is -2.50. The number of rotatable bonds is 12. The molecule has 2 amide bonds. The van der Waals surface area contributed by atoms with Gasteiger partial charge in [0.25, 0.3) is 0 Å². The van der Waals surface area contributed by atoms with Crippen molar-refractivity contribution in [1.82, 2.24) is 4.90 Å². The van der Waals surface area contributed by atoms with Crippen LogP contribution in [-0.4, -0.2) is 76.0 Å². The van der Waals surface area contributed by atoms with Gasteiger partial charge in [0.05, 0.1) is 0 Å². The first kappa shape index (κ1) is 33.1. The standard InChI is InChI=1S/C36H32N2O8S2/c37-31(33(39)40)19-47-48-20-32(34(41)42)38(35(43)45-17-29-25-13-5-1-9-21(25)22-10-2-6-14-26(22)29)36(44)46-18-30-27-15-7-3-11-23(27)24-12-4-8-16-28(24)30/h1-16,29-32H,17-20,37H2,(H,39,40)(H,41,42)/t31?,32-/m0/s1. The van der Waals surface area contributed by atoms with Crippen molar-refractivity contribution in [2.24, 2.45) is 5.73 Å². The topological polar surface area (TPSA) is 156 Å². The van der Waals surface area contributed by atoms with Gasteiger partial charge >= 0.3 is 24.1 Å². The van der Waals surface area contributed by atoms with Gasteiger partial charge in [0, 0.05) is 23.3 Å². The number of nitrogens with zero attached hydrogens (tertiary/aromatic N) is 1. The molecule has 6 rings (SSSR count). The Labute approximate surface area is 284 Å². The summed E-state index contributed by atoms with van der Waals surface area (Å²) in [4.78, 5) is 51.7. The summed E-state index contributed by atoms with van der Waals surface area (Å²) in [5, 5.41) is 19.3. The number of carbonyl (C=O) groups excluding carboxylic acids is 2. The molecule has 10 nitrogen and oxygen atoms in total. The zero-order valence-electron chi connectivity index (χ0n) is 25.6. The van der Waals surface area contributed by atoms with Crippen LogP contribution in [0, 0.1) is 0 Å². The van der Waals surface area contributed by atoms with E-state index in [-0.39, 0.29) is 36.6 Å². The van der Waals surface area contributed by atoms with Gasteiger partial charge in [-0.25, -0.2) is 14.4 Å². The number of amides is 2. The number of aliphatic carboxylic acids is 2. The molecule has 4 N–H and O–H groups in total. The molecule has 2 aliphatic rings. The Morgan fingerprint density at radius 2 is 0.958 bits per heavy atom. The van der Waals surface area contributed by atoms with E-state index in [1.165, 1.54) is 0 Å². The number of carboxylic acids is 2. The van der Waals surface area contributed by atoms with Gasteiger partial charge in [-0.2, -0.15) is 4.90 Å². The quantitative estimate of drug-likeness (QED) is 0.112. The highest BCUT2D eigenvalue weighted by atomic mass is 33.1. The molecule has 0 aromatic heterocycles. The third-order valence-corrected chi connectivity index (χ3v) is 11.0. The van der Waals surface area contributed by atoms with Gasteiger partial charge in [-0.3, -0.25) is 4.79 Å². The van der Waals surface area contributed by atoms with Crippen molar-refractivity contribution in [3.05, 3.63) is 119 Å². The van der Waals surface area contributed by atoms with Gasteiger partial charge in [0.15, 0.2) is 6.04 Å². The summed E-state index contributed by atoms with van der Waals surface area (Å²) in [6.07, 6.45) is -2.32. The normalized spacial score (nSPS) is 14.2. The van der Waals surface area contributed by atoms with Crippen LogP contribution in [0.2, 0.25) is 0 Å². The van der Waals surface area contributed by atoms with Gasteiger partial charge in [-0.15, -0.1) is 0 Å². The van der Waals surface area contributed by atoms with E-state index in [1.807, 2.05) is 97.1 Å². The Kier molecular flexibility index (Phi) is 10.0. The fraction of sp³-hybridized carbons (Fsp3) is 0.222. The van der Waals surface area contributed by atoms with Crippen LogP contribution >= 0.6 is 21.6 Å². The van der Waals surface area contributed by atoms with E-state index in [2.05, 4.69) is 0 Å². The van der Waals surface area contributed by atoms with Crippen LogP contribution in [0.15, 0.2) is 97.1 Å². The number of hydrogen-bond donors (Lipinski definition) is 3. The maximum atomic E-state index is 13.8. The second-order valence-corrected chi connectivity index (χ2v) is 13.9. The van der Waals surface area contributed by atoms with Gasteiger partial charge in [-0.1, -0.05) is 119 Å². The number of fused-ring (bicyclic) bond motifs is 6. The zero-order chi connectivity index (χ0) is 33.8. The molecule has 48 heavy (non-hydrogen) atoms. The van der Waals surface area contributed by atoms with Crippen LogP contribution in [0.25, 0.3) is 22.3 Å². The number of benzene rings is 4. The molecule has 2 atom stereocenters. The lowest BCUT2D eigenvalue weighted by molar-refractivity contribution is -0.141. The summed E-state index contributed by atoms with van der Waals surface area (Å²) < 4.78 is 11.4. The maximum Gasteiger partial charge on any atom is 0.420 e. The van der Waals surface area contributed by atoms with Gasteiger partial charge in [0.2, 0.25) is 0 Å². The van der Waals surface area contributed by atoms with Crippen molar-refractivity contribution in [1.29, 1.82) is 0 Å². The largest absolute Gasteiger partial charge is 0.480 e.